The number of aromatic nitrogens is 3. The van der Waals surface area contributed by atoms with Gasteiger partial charge < -0.3 is 14.8 Å². The fourth-order valence-electron chi connectivity index (χ4n) is 2.88. The number of aromatic amines is 1. The molecule has 0 unspecified atom stereocenters. The van der Waals surface area contributed by atoms with Crippen molar-refractivity contribution < 1.29 is 19.1 Å². The maximum absolute atomic E-state index is 12.4. The summed E-state index contributed by atoms with van der Waals surface area (Å²) >= 11 is 1.16. The molecule has 1 saturated heterocycles. The van der Waals surface area contributed by atoms with Crippen LogP contribution >= 0.6 is 11.8 Å². The quantitative estimate of drug-likeness (QED) is 0.530. The normalized spacial score (nSPS) is 16.1. The van der Waals surface area contributed by atoms with E-state index in [9.17, 15) is 14.4 Å². The van der Waals surface area contributed by atoms with Gasteiger partial charge in [-0.2, -0.15) is 0 Å². The molecule has 1 aliphatic rings. The van der Waals surface area contributed by atoms with E-state index in [1.165, 1.54) is 11.7 Å². The van der Waals surface area contributed by atoms with E-state index >= 15 is 0 Å². The highest BCUT2D eigenvalue weighted by Crippen LogP contribution is 2.20. The van der Waals surface area contributed by atoms with E-state index in [1.54, 1.807) is 18.2 Å². The van der Waals surface area contributed by atoms with Crippen LogP contribution in [-0.2, 0) is 20.8 Å². The molecule has 3 rings (SSSR count). The van der Waals surface area contributed by atoms with Gasteiger partial charge in [0, 0.05) is 12.3 Å². The number of anilines is 1. The van der Waals surface area contributed by atoms with Crippen molar-refractivity contribution in [3.8, 4) is 0 Å². The third-order valence-corrected chi connectivity index (χ3v) is 5.37. The average Bonchev–Trinajstić information content (AvgIpc) is 3.32. The predicted molar refractivity (Wildman–Crippen MR) is 104 cm³/mol. The number of ether oxygens (including phenoxy) is 2. The number of hydrogen-bond donors (Lipinski definition) is 2. The minimum absolute atomic E-state index is 0.00723. The van der Waals surface area contributed by atoms with Gasteiger partial charge in [0.25, 0.3) is 0 Å². The Balaban J connectivity index is 1.62. The summed E-state index contributed by atoms with van der Waals surface area (Å²) in [5, 5.41) is 9.63. The highest BCUT2D eigenvalue weighted by molar-refractivity contribution is 7.99. The molecule has 1 aliphatic heterocycles. The lowest BCUT2D eigenvalue weighted by Crippen LogP contribution is -2.25. The summed E-state index contributed by atoms with van der Waals surface area (Å²) in [4.78, 5) is 36.0. The number of thioether (sulfide) groups is 1. The molecular formula is C18H22N4O5S. The number of esters is 1. The Morgan fingerprint density at radius 1 is 1.46 bits per heavy atom. The number of nitrogens with zero attached hydrogens (tertiary/aromatic N) is 2. The second kappa shape index (κ2) is 9.07. The summed E-state index contributed by atoms with van der Waals surface area (Å²) < 4.78 is 11.8. The molecule has 1 fully saturated rings. The number of amides is 1. The molecule has 2 heterocycles. The van der Waals surface area contributed by atoms with E-state index < -0.39 is 5.97 Å². The molecule has 1 aromatic carbocycles. The molecular weight excluding hydrogens is 384 g/mol. The lowest BCUT2D eigenvalue weighted by Gasteiger charge is -2.12. The Bertz CT molecular complexity index is 917. The molecule has 28 heavy (non-hydrogen) atoms. The van der Waals surface area contributed by atoms with Gasteiger partial charge in [0.1, 0.15) is 0 Å². The molecule has 1 aromatic heterocycles. The Morgan fingerprint density at radius 2 is 2.29 bits per heavy atom. The largest absolute Gasteiger partial charge is 0.465 e. The summed E-state index contributed by atoms with van der Waals surface area (Å²) in [6, 6.07) is 4.95. The van der Waals surface area contributed by atoms with Crippen molar-refractivity contribution in [2.45, 2.75) is 37.6 Å². The van der Waals surface area contributed by atoms with Crippen LogP contribution in [0.4, 0.5) is 5.69 Å². The van der Waals surface area contributed by atoms with Gasteiger partial charge in [0.15, 0.2) is 5.16 Å². The van der Waals surface area contributed by atoms with E-state index in [1.807, 2.05) is 6.92 Å². The van der Waals surface area contributed by atoms with Crippen molar-refractivity contribution in [3.63, 3.8) is 0 Å². The molecule has 2 N–H and O–H groups in total. The molecule has 0 aliphatic carbocycles. The van der Waals surface area contributed by atoms with Gasteiger partial charge in [-0.05, 0) is 37.5 Å². The molecule has 1 atom stereocenters. The number of carbonyl (C=O) groups excluding carboxylic acids is 2. The lowest BCUT2D eigenvalue weighted by molar-refractivity contribution is -0.113. The molecule has 0 saturated carbocycles. The summed E-state index contributed by atoms with van der Waals surface area (Å²) in [6.07, 6.45) is 1.87. The Kier molecular flexibility index (Phi) is 6.53. The van der Waals surface area contributed by atoms with Gasteiger partial charge in [-0.25, -0.2) is 14.7 Å². The number of hydrogen-bond acceptors (Lipinski definition) is 7. The molecule has 9 nitrogen and oxygen atoms in total. The van der Waals surface area contributed by atoms with Crippen molar-refractivity contribution in [1.29, 1.82) is 0 Å². The van der Waals surface area contributed by atoms with E-state index in [4.69, 9.17) is 9.47 Å². The maximum Gasteiger partial charge on any atom is 0.344 e. The smallest absolute Gasteiger partial charge is 0.344 e. The highest BCUT2D eigenvalue weighted by Gasteiger charge is 2.20. The van der Waals surface area contributed by atoms with E-state index in [0.29, 0.717) is 29.6 Å². The molecule has 10 heteroatoms. The van der Waals surface area contributed by atoms with Gasteiger partial charge >= 0.3 is 11.7 Å². The maximum atomic E-state index is 12.4. The first-order valence-corrected chi connectivity index (χ1v) is 9.85. The Morgan fingerprint density at radius 3 is 3.00 bits per heavy atom. The molecule has 2 aromatic rings. The first kappa shape index (κ1) is 20.2. The summed E-state index contributed by atoms with van der Waals surface area (Å²) in [7, 11) is 1.30. The predicted octanol–water partition coefficient (Wildman–Crippen LogP) is 1.58. The van der Waals surface area contributed by atoms with E-state index in [0.717, 1.165) is 30.2 Å². The zero-order valence-corrected chi connectivity index (χ0v) is 16.5. The first-order valence-electron chi connectivity index (χ1n) is 8.86. The van der Waals surface area contributed by atoms with Crippen LogP contribution in [0.1, 0.15) is 28.8 Å². The van der Waals surface area contributed by atoms with E-state index in [-0.39, 0.29) is 23.5 Å². The number of H-pyrrole nitrogens is 1. The SMILES string of the molecule is COC(=O)c1ccc(C)c(NC(=O)CSc2n[nH]c(=O)n2C[C@@H]2CCCO2)c1. The number of nitrogens with one attached hydrogen (secondary N) is 2. The minimum atomic E-state index is -0.473. The van der Waals surface area contributed by atoms with Gasteiger partial charge in [0.05, 0.1) is 31.1 Å². The first-order chi connectivity index (χ1) is 13.5. The minimum Gasteiger partial charge on any atom is -0.465 e. The third kappa shape index (κ3) is 4.82. The van der Waals surface area contributed by atoms with Crippen molar-refractivity contribution in [2.75, 3.05) is 24.8 Å². The molecule has 0 bridgehead atoms. The monoisotopic (exact) mass is 406 g/mol. The Hall–Kier alpha value is -2.59. The summed E-state index contributed by atoms with van der Waals surface area (Å²) in [5.74, 6) is -0.675. The molecule has 0 radical (unpaired) electrons. The molecule has 1 amide bonds. The van der Waals surface area contributed by atoms with Crippen molar-refractivity contribution in [1.82, 2.24) is 14.8 Å². The van der Waals surface area contributed by atoms with Crippen LogP contribution in [0, 0.1) is 6.92 Å². The second-order valence-corrected chi connectivity index (χ2v) is 7.36. The van der Waals surface area contributed by atoms with E-state index in [2.05, 4.69) is 15.5 Å². The number of methoxy groups -OCH3 is 1. The van der Waals surface area contributed by atoms with Crippen molar-refractivity contribution >= 4 is 29.3 Å². The van der Waals surface area contributed by atoms with Crippen LogP contribution in [0.5, 0.6) is 0 Å². The van der Waals surface area contributed by atoms with Crippen LogP contribution in [0.2, 0.25) is 0 Å². The van der Waals surface area contributed by atoms with Gasteiger partial charge in [0.2, 0.25) is 5.91 Å². The Labute approximate surface area is 165 Å². The number of aryl methyl sites for hydroxylation is 1. The number of rotatable bonds is 7. The fourth-order valence-corrected chi connectivity index (χ4v) is 3.64. The fraction of sp³-hybridized carbons (Fsp3) is 0.444. The van der Waals surface area contributed by atoms with Crippen LogP contribution in [0.25, 0.3) is 0 Å². The van der Waals surface area contributed by atoms with Gasteiger partial charge in [-0.3, -0.25) is 9.36 Å². The second-order valence-electron chi connectivity index (χ2n) is 6.42. The number of carbonyl (C=O) groups is 2. The van der Waals surface area contributed by atoms with Crippen LogP contribution in [-0.4, -0.2) is 52.2 Å². The van der Waals surface area contributed by atoms with Crippen LogP contribution < -0.4 is 11.0 Å². The third-order valence-electron chi connectivity index (χ3n) is 4.40. The van der Waals surface area contributed by atoms with Crippen molar-refractivity contribution in [3.05, 3.63) is 39.8 Å². The summed E-state index contributed by atoms with van der Waals surface area (Å²) in [5.41, 5.74) is 1.39. The van der Waals surface area contributed by atoms with Gasteiger partial charge in [-0.1, -0.05) is 17.8 Å². The zero-order chi connectivity index (χ0) is 20.1. The molecule has 0 spiro atoms. The highest BCUT2D eigenvalue weighted by atomic mass is 32.2. The zero-order valence-electron chi connectivity index (χ0n) is 15.7. The van der Waals surface area contributed by atoms with Crippen molar-refractivity contribution in [2.24, 2.45) is 0 Å². The average molecular weight is 406 g/mol. The van der Waals surface area contributed by atoms with Crippen LogP contribution in [0.3, 0.4) is 0 Å². The topological polar surface area (TPSA) is 115 Å². The van der Waals surface area contributed by atoms with Crippen LogP contribution in [0.15, 0.2) is 28.2 Å². The number of benzene rings is 1. The van der Waals surface area contributed by atoms with Gasteiger partial charge in [-0.15, -0.1) is 5.10 Å². The lowest BCUT2D eigenvalue weighted by atomic mass is 10.1. The standard InChI is InChI=1S/C18H22N4O5S/c1-11-5-6-12(16(24)26-2)8-14(11)19-15(23)10-28-18-21-20-17(25)22(18)9-13-4-3-7-27-13/h5-6,8,13H,3-4,7,9-10H2,1-2H3,(H,19,23)(H,20,25)/t13-/m0/s1. The summed E-state index contributed by atoms with van der Waals surface area (Å²) in [6.45, 7) is 2.95. The molecule has 150 valence electrons.